The standard InChI is InChI=1S/C16H18FNO3/c1-21-16(20)13-3-2-10-18(11-13)15(19)9-6-12-4-7-14(17)8-5-12/h4-9,13H,2-3,10-11H2,1H3/b9-6+/t13-/m0/s1. The van der Waals surface area contributed by atoms with Crippen LogP contribution in [0.1, 0.15) is 18.4 Å². The van der Waals surface area contributed by atoms with Crippen LogP contribution in [0.25, 0.3) is 6.08 Å². The number of carbonyl (C=O) groups is 2. The summed E-state index contributed by atoms with van der Waals surface area (Å²) < 4.78 is 17.5. The minimum absolute atomic E-state index is 0.145. The lowest BCUT2D eigenvalue weighted by molar-refractivity contribution is -0.148. The zero-order valence-corrected chi connectivity index (χ0v) is 11.9. The third-order valence-corrected chi connectivity index (χ3v) is 3.56. The lowest BCUT2D eigenvalue weighted by Gasteiger charge is -2.30. The molecule has 0 radical (unpaired) electrons. The van der Waals surface area contributed by atoms with E-state index in [4.69, 9.17) is 4.74 Å². The van der Waals surface area contributed by atoms with Crippen LogP contribution in [0, 0.1) is 11.7 Å². The summed E-state index contributed by atoms with van der Waals surface area (Å²) in [6.07, 6.45) is 4.63. The fourth-order valence-electron chi connectivity index (χ4n) is 2.38. The number of rotatable bonds is 3. The Balaban J connectivity index is 1.96. The quantitative estimate of drug-likeness (QED) is 0.634. The summed E-state index contributed by atoms with van der Waals surface area (Å²) in [6.45, 7) is 1.03. The number of hydrogen-bond donors (Lipinski definition) is 0. The number of carbonyl (C=O) groups excluding carboxylic acids is 2. The highest BCUT2D eigenvalue weighted by Crippen LogP contribution is 2.18. The van der Waals surface area contributed by atoms with Gasteiger partial charge < -0.3 is 9.64 Å². The molecule has 21 heavy (non-hydrogen) atoms. The van der Waals surface area contributed by atoms with E-state index in [9.17, 15) is 14.0 Å². The molecule has 0 saturated carbocycles. The largest absolute Gasteiger partial charge is 0.469 e. The van der Waals surface area contributed by atoms with E-state index in [0.717, 1.165) is 18.4 Å². The summed E-state index contributed by atoms with van der Waals surface area (Å²) in [4.78, 5) is 25.3. The predicted octanol–water partition coefficient (Wildman–Crippen LogP) is 2.25. The second-order valence-corrected chi connectivity index (χ2v) is 5.03. The van der Waals surface area contributed by atoms with Crippen LogP contribution in [0.5, 0.6) is 0 Å². The van der Waals surface area contributed by atoms with Gasteiger partial charge in [0.05, 0.1) is 13.0 Å². The van der Waals surface area contributed by atoms with Crippen molar-refractivity contribution in [1.29, 1.82) is 0 Å². The molecule has 4 nitrogen and oxygen atoms in total. The van der Waals surface area contributed by atoms with E-state index in [1.807, 2.05) is 0 Å². The van der Waals surface area contributed by atoms with E-state index >= 15 is 0 Å². The van der Waals surface area contributed by atoms with Crippen molar-refractivity contribution in [3.8, 4) is 0 Å². The summed E-state index contributed by atoms with van der Waals surface area (Å²) in [7, 11) is 1.36. The monoisotopic (exact) mass is 291 g/mol. The number of halogens is 1. The molecule has 1 heterocycles. The number of amides is 1. The Hall–Kier alpha value is -2.17. The van der Waals surface area contributed by atoms with E-state index in [2.05, 4.69) is 0 Å². The molecular formula is C16H18FNO3. The number of nitrogens with zero attached hydrogens (tertiary/aromatic N) is 1. The average Bonchev–Trinajstić information content (AvgIpc) is 2.53. The zero-order valence-electron chi connectivity index (χ0n) is 11.9. The van der Waals surface area contributed by atoms with Crippen LogP contribution >= 0.6 is 0 Å². The summed E-state index contributed by atoms with van der Waals surface area (Å²) in [5.41, 5.74) is 0.756. The van der Waals surface area contributed by atoms with Gasteiger partial charge in [0.2, 0.25) is 5.91 Å². The van der Waals surface area contributed by atoms with Crippen LogP contribution in [-0.4, -0.2) is 37.0 Å². The van der Waals surface area contributed by atoms with Gasteiger partial charge in [-0.25, -0.2) is 4.39 Å². The molecule has 1 fully saturated rings. The highest BCUT2D eigenvalue weighted by atomic mass is 19.1. The predicted molar refractivity (Wildman–Crippen MR) is 76.8 cm³/mol. The molecular weight excluding hydrogens is 273 g/mol. The molecule has 2 rings (SSSR count). The van der Waals surface area contributed by atoms with Gasteiger partial charge in [-0.2, -0.15) is 0 Å². The molecule has 1 aliphatic heterocycles. The summed E-state index contributed by atoms with van der Waals surface area (Å²) in [5, 5.41) is 0. The number of methoxy groups -OCH3 is 1. The van der Waals surface area contributed by atoms with Crippen LogP contribution in [0.15, 0.2) is 30.3 Å². The minimum atomic E-state index is -0.310. The van der Waals surface area contributed by atoms with Crippen molar-refractivity contribution >= 4 is 18.0 Å². The molecule has 1 aliphatic rings. The zero-order chi connectivity index (χ0) is 15.2. The number of hydrogen-bond acceptors (Lipinski definition) is 3. The van der Waals surface area contributed by atoms with Gasteiger partial charge in [0, 0.05) is 19.2 Å². The van der Waals surface area contributed by atoms with Crippen molar-refractivity contribution in [1.82, 2.24) is 4.90 Å². The molecule has 1 aromatic carbocycles. The molecule has 1 amide bonds. The van der Waals surface area contributed by atoms with Gasteiger partial charge in [-0.15, -0.1) is 0 Å². The Morgan fingerprint density at radius 3 is 2.71 bits per heavy atom. The second-order valence-electron chi connectivity index (χ2n) is 5.03. The first-order valence-corrected chi connectivity index (χ1v) is 6.90. The highest BCUT2D eigenvalue weighted by Gasteiger charge is 2.28. The van der Waals surface area contributed by atoms with E-state index in [1.54, 1.807) is 23.1 Å². The Bertz CT molecular complexity index is 539. The number of piperidine rings is 1. The maximum absolute atomic E-state index is 12.8. The molecule has 1 atom stereocenters. The Morgan fingerprint density at radius 1 is 1.33 bits per heavy atom. The fourth-order valence-corrected chi connectivity index (χ4v) is 2.38. The Kier molecular flexibility index (Phi) is 5.09. The van der Waals surface area contributed by atoms with Gasteiger partial charge in [-0.05, 0) is 36.6 Å². The summed E-state index contributed by atoms with van der Waals surface area (Å²) in [5.74, 6) is -0.967. The average molecular weight is 291 g/mol. The fraction of sp³-hybridized carbons (Fsp3) is 0.375. The number of likely N-dealkylation sites (tertiary alicyclic amines) is 1. The first kappa shape index (κ1) is 15.2. The maximum Gasteiger partial charge on any atom is 0.310 e. The summed E-state index contributed by atoms with van der Waals surface area (Å²) in [6, 6.07) is 5.90. The molecule has 0 spiro atoms. The van der Waals surface area contributed by atoms with Crippen molar-refractivity contribution in [2.24, 2.45) is 5.92 Å². The minimum Gasteiger partial charge on any atom is -0.469 e. The van der Waals surface area contributed by atoms with Gasteiger partial charge >= 0.3 is 5.97 Å². The molecule has 0 bridgehead atoms. The van der Waals surface area contributed by atoms with Crippen molar-refractivity contribution in [3.05, 3.63) is 41.7 Å². The molecule has 112 valence electrons. The van der Waals surface area contributed by atoms with E-state index in [1.165, 1.54) is 25.3 Å². The third-order valence-electron chi connectivity index (χ3n) is 3.56. The molecule has 1 aromatic rings. The number of benzene rings is 1. The van der Waals surface area contributed by atoms with Crippen LogP contribution < -0.4 is 0 Å². The molecule has 1 saturated heterocycles. The van der Waals surface area contributed by atoms with E-state index in [-0.39, 0.29) is 23.6 Å². The van der Waals surface area contributed by atoms with Crippen molar-refractivity contribution in [2.45, 2.75) is 12.8 Å². The number of esters is 1. The topological polar surface area (TPSA) is 46.6 Å². The molecule has 5 heteroatoms. The van der Waals surface area contributed by atoms with Crippen LogP contribution in [-0.2, 0) is 14.3 Å². The smallest absolute Gasteiger partial charge is 0.310 e. The first-order chi connectivity index (χ1) is 10.1. The lowest BCUT2D eigenvalue weighted by atomic mass is 9.98. The van der Waals surface area contributed by atoms with E-state index < -0.39 is 0 Å². The van der Waals surface area contributed by atoms with Crippen molar-refractivity contribution < 1.29 is 18.7 Å². The van der Waals surface area contributed by atoms with E-state index in [0.29, 0.717) is 13.1 Å². The molecule has 0 unspecified atom stereocenters. The number of ether oxygens (including phenoxy) is 1. The normalized spacial score (nSPS) is 18.8. The second kappa shape index (κ2) is 7.02. The lowest BCUT2D eigenvalue weighted by Crippen LogP contribution is -2.41. The molecule has 0 N–H and O–H groups in total. The first-order valence-electron chi connectivity index (χ1n) is 6.90. The molecule has 0 aliphatic carbocycles. The van der Waals surface area contributed by atoms with Crippen molar-refractivity contribution in [2.75, 3.05) is 20.2 Å². The highest BCUT2D eigenvalue weighted by molar-refractivity contribution is 5.92. The Labute approximate surface area is 123 Å². The van der Waals surface area contributed by atoms with Gasteiger partial charge in [-0.3, -0.25) is 9.59 Å². The van der Waals surface area contributed by atoms with Gasteiger partial charge in [0.25, 0.3) is 0 Å². The summed E-state index contributed by atoms with van der Waals surface area (Å²) >= 11 is 0. The molecule has 0 aromatic heterocycles. The van der Waals surface area contributed by atoms with Crippen LogP contribution in [0.2, 0.25) is 0 Å². The maximum atomic E-state index is 12.8. The van der Waals surface area contributed by atoms with Crippen LogP contribution in [0.4, 0.5) is 4.39 Å². The third kappa shape index (κ3) is 4.15. The van der Waals surface area contributed by atoms with Gasteiger partial charge in [-0.1, -0.05) is 12.1 Å². The SMILES string of the molecule is COC(=O)[C@H]1CCCN(C(=O)/C=C/c2ccc(F)cc2)C1. The Morgan fingerprint density at radius 2 is 2.05 bits per heavy atom. The van der Waals surface area contributed by atoms with Crippen molar-refractivity contribution in [3.63, 3.8) is 0 Å². The van der Waals surface area contributed by atoms with Gasteiger partial charge in [0.15, 0.2) is 0 Å². The van der Waals surface area contributed by atoms with Gasteiger partial charge in [0.1, 0.15) is 5.82 Å². The van der Waals surface area contributed by atoms with Crippen LogP contribution in [0.3, 0.4) is 0 Å².